The number of anilines is 2. The van der Waals surface area contributed by atoms with Crippen LogP contribution in [0.1, 0.15) is 24.3 Å². The minimum Gasteiger partial charge on any atom is -0.492 e. The lowest BCUT2D eigenvalue weighted by atomic mass is 10.2. The minimum atomic E-state index is -0.390. The first-order chi connectivity index (χ1) is 12.9. The van der Waals surface area contributed by atoms with E-state index in [0.717, 1.165) is 15.8 Å². The number of nitrogens with zero attached hydrogens (tertiary/aromatic N) is 2. The Morgan fingerprint density at radius 3 is 2.81 bits per heavy atom. The van der Waals surface area contributed by atoms with Gasteiger partial charge >= 0.3 is 0 Å². The Bertz CT molecular complexity index is 987. The number of hydrogen-bond acceptors (Lipinski definition) is 7. The molecule has 0 saturated heterocycles. The summed E-state index contributed by atoms with van der Waals surface area (Å²) in [4.78, 5) is 23.6. The minimum absolute atomic E-state index is 0.145. The first kappa shape index (κ1) is 19.4. The highest BCUT2D eigenvalue weighted by atomic mass is 32.2. The number of hydrogen-bond donors (Lipinski definition) is 2. The third kappa shape index (κ3) is 4.17. The van der Waals surface area contributed by atoms with E-state index in [1.54, 1.807) is 11.3 Å². The molecule has 0 saturated carbocycles. The Balaban J connectivity index is 1.76. The van der Waals surface area contributed by atoms with Crippen LogP contribution >= 0.6 is 23.1 Å². The molecular weight excluding hydrogens is 380 g/mol. The van der Waals surface area contributed by atoms with Crippen molar-refractivity contribution >= 4 is 50.7 Å². The van der Waals surface area contributed by atoms with E-state index in [1.807, 2.05) is 52.0 Å². The summed E-state index contributed by atoms with van der Waals surface area (Å²) in [6.45, 7) is 8.32. The molecule has 3 N–H and O–H groups in total. The number of rotatable bonds is 6. The second kappa shape index (κ2) is 8.14. The average molecular weight is 403 g/mol. The van der Waals surface area contributed by atoms with E-state index < -0.39 is 5.25 Å². The SMILES string of the molecule is CCOc1ccccc1NC(=O)C(C)Sc1nc(N)c2c(C)c(C)sc2n1. The van der Waals surface area contributed by atoms with Crippen molar-refractivity contribution in [1.29, 1.82) is 0 Å². The molecule has 0 aliphatic heterocycles. The predicted octanol–water partition coefficient (Wildman–Crippen LogP) is 4.41. The second-order valence-corrected chi connectivity index (χ2v) is 8.54. The van der Waals surface area contributed by atoms with Crippen molar-refractivity contribution < 1.29 is 9.53 Å². The van der Waals surface area contributed by atoms with Gasteiger partial charge in [0.15, 0.2) is 5.16 Å². The molecule has 0 radical (unpaired) electrons. The van der Waals surface area contributed by atoms with Crippen LogP contribution in [-0.4, -0.2) is 27.7 Å². The number of fused-ring (bicyclic) bond motifs is 1. The lowest BCUT2D eigenvalue weighted by Gasteiger charge is -2.14. The number of thioether (sulfide) groups is 1. The van der Waals surface area contributed by atoms with Gasteiger partial charge < -0.3 is 15.8 Å². The first-order valence-electron chi connectivity index (χ1n) is 8.63. The molecule has 3 rings (SSSR count). The summed E-state index contributed by atoms with van der Waals surface area (Å²) in [6, 6.07) is 7.37. The van der Waals surface area contributed by atoms with Crippen molar-refractivity contribution in [1.82, 2.24) is 9.97 Å². The summed E-state index contributed by atoms with van der Waals surface area (Å²) in [5.74, 6) is 0.962. The van der Waals surface area contributed by atoms with E-state index in [-0.39, 0.29) is 5.91 Å². The number of para-hydroxylation sites is 2. The smallest absolute Gasteiger partial charge is 0.237 e. The van der Waals surface area contributed by atoms with Gasteiger partial charge in [-0.25, -0.2) is 9.97 Å². The maximum absolute atomic E-state index is 12.6. The molecule has 0 aliphatic carbocycles. The highest BCUT2D eigenvalue weighted by molar-refractivity contribution is 8.00. The van der Waals surface area contributed by atoms with E-state index >= 15 is 0 Å². The van der Waals surface area contributed by atoms with E-state index in [1.165, 1.54) is 16.6 Å². The summed E-state index contributed by atoms with van der Waals surface area (Å²) in [6.07, 6.45) is 0. The number of nitrogens with two attached hydrogens (primary N) is 1. The summed E-state index contributed by atoms with van der Waals surface area (Å²) in [5, 5.41) is 3.93. The lowest BCUT2D eigenvalue weighted by molar-refractivity contribution is -0.115. The number of nitrogens with one attached hydrogen (secondary N) is 1. The zero-order valence-corrected chi connectivity index (χ0v) is 17.3. The Morgan fingerprint density at radius 2 is 2.07 bits per heavy atom. The standard InChI is InChI=1S/C19H22N4O2S2/c1-5-25-14-9-7-6-8-13(14)21-17(24)12(4)27-19-22-16(20)15-10(2)11(3)26-18(15)23-19/h6-9,12H,5H2,1-4H3,(H,21,24)(H2,20,22,23). The van der Waals surface area contributed by atoms with Crippen LogP contribution in [0.4, 0.5) is 11.5 Å². The van der Waals surface area contributed by atoms with Crippen LogP contribution in [-0.2, 0) is 4.79 Å². The fourth-order valence-electron chi connectivity index (χ4n) is 2.61. The van der Waals surface area contributed by atoms with Gasteiger partial charge in [-0.1, -0.05) is 23.9 Å². The molecule has 8 heteroatoms. The Kier molecular flexibility index (Phi) is 5.86. The van der Waals surface area contributed by atoms with E-state index in [9.17, 15) is 4.79 Å². The van der Waals surface area contributed by atoms with Crippen LogP contribution in [0.25, 0.3) is 10.2 Å². The molecular formula is C19H22N4O2S2. The van der Waals surface area contributed by atoms with Gasteiger partial charge in [-0.3, -0.25) is 4.79 Å². The Hall–Kier alpha value is -2.32. The molecule has 6 nitrogen and oxygen atoms in total. The van der Waals surface area contributed by atoms with Gasteiger partial charge in [0.1, 0.15) is 16.4 Å². The van der Waals surface area contributed by atoms with Gasteiger partial charge in [-0.2, -0.15) is 0 Å². The Labute approximate surface area is 166 Å². The molecule has 0 aliphatic rings. The quantitative estimate of drug-likeness (QED) is 0.469. The van der Waals surface area contributed by atoms with Crippen molar-refractivity contribution in [3.05, 3.63) is 34.7 Å². The number of benzene rings is 1. The van der Waals surface area contributed by atoms with Gasteiger partial charge in [-0.15, -0.1) is 11.3 Å². The molecule has 0 spiro atoms. The zero-order valence-electron chi connectivity index (χ0n) is 15.7. The fraction of sp³-hybridized carbons (Fsp3) is 0.316. The van der Waals surface area contributed by atoms with Crippen molar-refractivity contribution in [3.8, 4) is 5.75 Å². The van der Waals surface area contributed by atoms with E-state index in [0.29, 0.717) is 29.0 Å². The van der Waals surface area contributed by atoms with Crippen LogP contribution < -0.4 is 15.8 Å². The van der Waals surface area contributed by atoms with Crippen LogP contribution in [0.15, 0.2) is 29.4 Å². The molecule has 0 bridgehead atoms. The molecule has 1 atom stereocenters. The number of aromatic nitrogens is 2. The van der Waals surface area contributed by atoms with Crippen molar-refractivity contribution in [2.24, 2.45) is 0 Å². The van der Waals surface area contributed by atoms with Gasteiger partial charge in [0.2, 0.25) is 5.91 Å². The molecule has 2 heterocycles. The number of ether oxygens (including phenoxy) is 1. The molecule has 1 amide bonds. The third-order valence-electron chi connectivity index (χ3n) is 4.13. The van der Waals surface area contributed by atoms with Crippen molar-refractivity contribution in [3.63, 3.8) is 0 Å². The normalized spacial score (nSPS) is 12.1. The zero-order chi connectivity index (χ0) is 19.6. The fourth-order valence-corrected chi connectivity index (χ4v) is 4.48. The third-order valence-corrected chi connectivity index (χ3v) is 6.19. The summed E-state index contributed by atoms with van der Waals surface area (Å²) >= 11 is 2.88. The van der Waals surface area contributed by atoms with E-state index in [4.69, 9.17) is 10.5 Å². The number of thiophene rings is 1. The molecule has 1 aromatic carbocycles. The first-order valence-corrected chi connectivity index (χ1v) is 10.3. The number of nitrogen functional groups attached to an aromatic ring is 1. The second-order valence-electron chi connectivity index (χ2n) is 6.03. The number of aryl methyl sites for hydroxylation is 2. The van der Waals surface area contributed by atoms with Gasteiger partial charge in [0, 0.05) is 4.88 Å². The number of amides is 1. The molecule has 3 aromatic rings. The van der Waals surface area contributed by atoms with Crippen LogP contribution in [0.3, 0.4) is 0 Å². The monoisotopic (exact) mass is 402 g/mol. The highest BCUT2D eigenvalue weighted by Crippen LogP contribution is 2.34. The van der Waals surface area contributed by atoms with Crippen LogP contribution in [0, 0.1) is 13.8 Å². The Morgan fingerprint density at radius 1 is 1.33 bits per heavy atom. The molecule has 0 fully saturated rings. The molecule has 27 heavy (non-hydrogen) atoms. The van der Waals surface area contributed by atoms with Gasteiger partial charge in [-0.05, 0) is 45.4 Å². The summed E-state index contributed by atoms with van der Waals surface area (Å²) in [7, 11) is 0. The van der Waals surface area contributed by atoms with E-state index in [2.05, 4.69) is 15.3 Å². The lowest BCUT2D eigenvalue weighted by Crippen LogP contribution is -2.23. The van der Waals surface area contributed by atoms with Gasteiger partial charge in [0.25, 0.3) is 0 Å². The topological polar surface area (TPSA) is 90.1 Å². The maximum atomic E-state index is 12.6. The van der Waals surface area contributed by atoms with Crippen molar-refractivity contribution in [2.75, 3.05) is 17.7 Å². The summed E-state index contributed by atoms with van der Waals surface area (Å²) < 4.78 is 5.55. The highest BCUT2D eigenvalue weighted by Gasteiger charge is 2.20. The number of carbonyl (C=O) groups excluding carboxylic acids is 1. The molecule has 2 aromatic heterocycles. The molecule has 1 unspecified atom stereocenters. The largest absolute Gasteiger partial charge is 0.492 e. The summed E-state index contributed by atoms with van der Waals surface area (Å²) in [5.41, 5.74) is 7.89. The van der Waals surface area contributed by atoms with Gasteiger partial charge in [0.05, 0.1) is 22.9 Å². The van der Waals surface area contributed by atoms with Crippen LogP contribution in [0.5, 0.6) is 5.75 Å². The number of carbonyl (C=O) groups is 1. The predicted molar refractivity (Wildman–Crippen MR) is 113 cm³/mol. The average Bonchev–Trinajstić information content (AvgIpc) is 2.91. The van der Waals surface area contributed by atoms with Crippen molar-refractivity contribution in [2.45, 2.75) is 38.1 Å². The molecule has 142 valence electrons. The van der Waals surface area contributed by atoms with Crippen LogP contribution in [0.2, 0.25) is 0 Å². The maximum Gasteiger partial charge on any atom is 0.237 e.